The largest absolute Gasteiger partial charge is 0.299 e. The molecule has 2 atom stereocenters. The molecule has 1 heterocycles. The van der Waals surface area contributed by atoms with Gasteiger partial charge in [0, 0.05) is 6.42 Å². The van der Waals surface area contributed by atoms with E-state index in [0.717, 1.165) is 11.8 Å². The van der Waals surface area contributed by atoms with Crippen LogP contribution in [0.3, 0.4) is 0 Å². The molecule has 5 rings (SSSR count). The van der Waals surface area contributed by atoms with Gasteiger partial charge in [0.2, 0.25) is 0 Å². The quantitative estimate of drug-likeness (QED) is 0.677. The van der Waals surface area contributed by atoms with E-state index in [0.29, 0.717) is 28.9 Å². The Hall–Kier alpha value is -2.58. The molecule has 0 N–H and O–H groups in total. The molecular formula is C23H23NO6S. The van der Waals surface area contributed by atoms with Crippen LogP contribution < -0.4 is 0 Å². The summed E-state index contributed by atoms with van der Waals surface area (Å²) >= 11 is 0. The van der Waals surface area contributed by atoms with Crippen LogP contribution >= 0.6 is 0 Å². The predicted molar refractivity (Wildman–Crippen MR) is 112 cm³/mol. The number of amides is 2. The van der Waals surface area contributed by atoms with E-state index in [1.54, 1.807) is 24.3 Å². The number of Topliss-reactive ketones (excluding diaryl/α,β-unsaturated/α-hetero) is 1. The SMILES string of the molecule is CC1(C)C2CCC1(CS(=O)(=O)ON1C(=O)Cc3cccc4cccc(c34)C1=O)C(=O)C2. The van der Waals surface area contributed by atoms with Crippen LogP contribution in [0.5, 0.6) is 0 Å². The highest BCUT2D eigenvalue weighted by atomic mass is 32.2. The molecule has 2 aliphatic carbocycles. The van der Waals surface area contributed by atoms with Gasteiger partial charge >= 0.3 is 0 Å². The second kappa shape index (κ2) is 6.46. The van der Waals surface area contributed by atoms with Gasteiger partial charge in [-0.3, -0.25) is 14.4 Å². The van der Waals surface area contributed by atoms with E-state index < -0.39 is 38.5 Å². The lowest BCUT2D eigenvalue weighted by Gasteiger charge is -2.36. The zero-order valence-electron chi connectivity index (χ0n) is 17.4. The molecular weight excluding hydrogens is 418 g/mol. The number of hydrogen-bond acceptors (Lipinski definition) is 6. The topological polar surface area (TPSA) is 97.8 Å². The average Bonchev–Trinajstić information content (AvgIpc) is 3.00. The third kappa shape index (κ3) is 2.81. The van der Waals surface area contributed by atoms with Crippen molar-refractivity contribution in [3.63, 3.8) is 0 Å². The maximum atomic E-state index is 13.1. The first-order chi connectivity index (χ1) is 14.6. The van der Waals surface area contributed by atoms with E-state index in [-0.39, 0.29) is 23.7 Å². The first kappa shape index (κ1) is 20.3. The Kier molecular flexibility index (Phi) is 4.24. The van der Waals surface area contributed by atoms with Crippen molar-refractivity contribution in [2.45, 2.75) is 39.5 Å². The number of benzene rings is 2. The molecule has 7 nitrogen and oxygen atoms in total. The molecule has 2 unspecified atom stereocenters. The summed E-state index contributed by atoms with van der Waals surface area (Å²) < 4.78 is 31.3. The van der Waals surface area contributed by atoms with E-state index in [2.05, 4.69) is 0 Å². The van der Waals surface area contributed by atoms with Gasteiger partial charge in [0.25, 0.3) is 21.9 Å². The molecule has 31 heavy (non-hydrogen) atoms. The Morgan fingerprint density at radius 1 is 1.10 bits per heavy atom. The maximum Gasteiger partial charge on any atom is 0.289 e. The molecule has 2 aromatic rings. The van der Waals surface area contributed by atoms with Crippen LogP contribution in [0.15, 0.2) is 36.4 Å². The number of fused-ring (bicyclic) bond motifs is 2. The van der Waals surface area contributed by atoms with E-state index in [4.69, 9.17) is 4.28 Å². The fraction of sp³-hybridized carbons (Fsp3) is 0.435. The number of carbonyl (C=O) groups is 3. The van der Waals surface area contributed by atoms with Crippen LogP contribution in [0.1, 0.15) is 49.0 Å². The number of hydroxylamine groups is 2. The van der Waals surface area contributed by atoms with Crippen LogP contribution in [0.25, 0.3) is 10.8 Å². The van der Waals surface area contributed by atoms with Crippen LogP contribution in [0.4, 0.5) is 0 Å². The molecule has 162 valence electrons. The number of rotatable bonds is 4. The van der Waals surface area contributed by atoms with Gasteiger partial charge in [-0.25, -0.2) is 0 Å². The van der Waals surface area contributed by atoms with Gasteiger partial charge < -0.3 is 0 Å². The molecule has 2 amide bonds. The summed E-state index contributed by atoms with van der Waals surface area (Å²) in [5.41, 5.74) is -0.670. The number of ketones is 1. The van der Waals surface area contributed by atoms with Crippen molar-refractivity contribution in [3.05, 3.63) is 47.5 Å². The van der Waals surface area contributed by atoms with Crippen LogP contribution in [-0.4, -0.2) is 36.8 Å². The predicted octanol–water partition coefficient (Wildman–Crippen LogP) is 3.02. The molecule has 1 aliphatic heterocycles. The first-order valence-electron chi connectivity index (χ1n) is 10.4. The van der Waals surface area contributed by atoms with Gasteiger partial charge in [0.1, 0.15) is 5.78 Å². The highest BCUT2D eigenvalue weighted by molar-refractivity contribution is 7.86. The van der Waals surface area contributed by atoms with Crippen molar-refractivity contribution in [2.75, 3.05) is 5.75 Å². The molecule has 2 saturated carbocycles. The lowest BCUT2D eigenvalue weighted by molar-refractivity contribution is -0.146. The van der Waals surface area contributed by atoms with Crippen molar-refractivity contribution in [2.24, 2.45) is 16.7 Å². The number of carbonyl (C=O) groups excluding carboxylic acids is 3. The van der Waals surface area contributed by atoms with Gasteiger partial charge in [-0.15, -0.1) is 9.35 Å². The van der Waals surface area contributed by atoms with Gasteiger partial charge in [0.15, 0.2) is 0 Å². The maximum absolute atomic E-state index is 13.1. The Labute approximate surface area is 180 Å². The van der Waals surface area contributed by atoms with E-state index in [9.17, 15) is 22.8 Å². The number of nitrogens with zero attached hydrogens (tertiary/aromatic N) is 1. The van der Waals surface area contributed by atoms with Crippen molar-refractivity contribution in [1.82, 2.24) is 5.06 Å². The minimum atomic E-state index is -4.39. The summed E-state index contributed by atoms with van der Waals surface area (Å²) in [6.07, 6.45) is 1.46. The third-order valence-corrected chi connectivity index (χ3v) is 8.95. The van der Waals surface area contributed by atoms with Crippen molar-refractivity contribution >= 4 is 38.5 Å². The average molecular weight is 442 g/mol. The second-order valence-electron chi connectivity index (χ2n) is 9.43. The lowest BCUT2D eigenvalue weighted by Crippen LogP contribution is -2.45. The molecule has 2 bridgehead atoms. The fourth-order valence-electron chi connectivity index (χ4n) is 5.83. The standard InChI is InChI=1S/C23H23NO6S/c1-22(2)16-9-10-23(22,18(25)12-16)13-31(28,29)30-24-19(26)11-15-7-3-5-14-6-4-8-17(20(14)15)21(24)27/h3-8,16H,9-13H2,1-2H3. The smallest absolute Gasteiger partial charge is 0.289 e. The molecule has 8 heteroatoms. The van der Waals surface area contributed by atoms with Crippen LogP contribution in [-0.2, 0) is 30.4 Å². The monoisotopic (exact) mass is 441 g/mol. The van der Waals surface area contributed by atoms with E-state index in [1.165, 1.54) is 0 Å². The summed E-state index contributed by atoms with van der Waals surface area (Å²) in [7, 11) is -4.39. The molecule has 0 saturated heterocycles. The fourth-order valence-corrected chi connectivity index (χ4v) is 7.54. The Morgan fingerprint density at radius 3 is 2.45 bits per heavy atom. The highest BCUT2D eigenvalue weighted by Crippen LogP contribution is 2.64. The minimum Gasteiger partial charge on any atom is -0.299 e. The third-order valence-electron chi connectivity index (χ3n) is 7.72. The Bertz CT molecular complexity index is 1260. The summed E-state index contributed by atoms with van der Waals surface area (Å²) in [5, 5.41) is 1.77. The lowest BCUT2D eigenvalue weighted by atomic mass is 9.70. The molecule has 2 aromatic carbocycles. The zero-order chi connectivity index (χ0) is 22.2. The van der Waals surface area contributed by atoms with Gasteiger partial charge in [-0.05, 0) is 46.6 Å². The molecule has 0 spiro atoms. The second-order valence-corrected chi connectivity index (χ2v) is 11.0. The van der Waals surface area contributed by atoms with Crippen molar-refractivity contribution < 1.29 is 27.1 Å². The van der Waals surface area contributed by atoms with E-state index >= 15 is 0 Å². The van der Waals surface area contributed by atoms with Crippen LogP contribution in [0, 0.1) is 16.7 Å². The zero-order valence-corrected chi connectivity index (χ0v) is 18.2. The molecule has 0 radical (unpaired) electrons. The summed E-state index contributed by atoms with van der Waals surface area (Å²) in [6.45, 7) is 3.84. The van der Waals surface area contributed by atoms with Crippen molar-refractivity contribution in [1.29, 1.82) is 0 Å². The number of imide groups is 1. The van der Waals surface area contributed by atoms with Crippen LogP contribution in [0.2, 0.25) is 0 Å². The normalized spacial score (nSPS) is 27.2. The molecule has 0 aromatic heterocycles. The van der Waals surface area contributed by atoms with E-state index in [1.807, 2.05) is 26.0 Å². The first-order valence-corrected chi connectivity index (χ1v) is 12.0. The van der Waals surface area contributed by atoms with Gasteiger partial charge in [-0.1, -0.05) is 44.2 Å². The highest BCUT2D eigenvalue weighted by Gasteiger charge is 2.65. The number of hydrogen-bond donors (Lipinski definition) is 0. The minimum absolute atomic E-state index is 0.0772. The Balaban J connectivity index is 1.49. The van der Waals surface area contributed by atoms with Crippen molar-refractivity contribution in [3.8, 4) is 0 Å². The molecule has 3 aliphatic rings. The Morgan fingerprint density at radius 2 is 1.81 bits per heavy atom. The van der Waals surface area contributed by atoms with Gasteiger partial charge in [-0.2, -0.15) is 8.42 Å². The summed E-state index contributed by atoms with van der Waals surface area (Å²) in [6, 6.07) is 10.4. The molecule has 2 fully saturated rings. The van der Waals surface area contributed by atoms with Gasteiger partial charge in [0.05, 0.1) is 23.2 Å². The summed E-state index contributed by atoms with van der Waals surface area (Å²) in [5.74, 6) is -2.04. The summed E-state index contributed by atoms with van der Waals surface area (Å²) in [4.78, 5) is 38.7.